The van der Waals surface area contributed by atoms with Crippen LogP contribution in [0.1, 0.15) is 18.1 Å². The van der Waals surface area contributed by atoms with Gasteiger partial charge in [-0.1, -0.05) is 18.2 Å². The molecule has 1 saturated heterocycles. The zero-order valence-electron chi connectivity index (χ0n) is 17.8. The first-order valence-corrected chi connectivity index (χ1v) is 11.8. The Bertz CT molecular complexity index is 1010. The smallest absolute Gasteiger partial charge is 0.246 e. The summed E-state index contributed by atoms with van der Waals surface area (Å²) in [7, 11) is -3.67. The molecular weight excluding hydrogens is 405 g/mol. The van der Waals surface area contributed by atoms with Crippen LogP contribution in [0.2, 0.25) is 0 Å². The second kappa shape index (κ2) is 8.63. The molecule has 8 heteroatoms. The topological polar surface area (TPSA) is 60.9 Å². The maximum atomic E-state index is 14.1. The molecule has 0 aliphatic carbocycles. The molecule has 0 bridgehead atoms. The summed E-state index contributed by atoms with van der Waals surface area (Å²) in [5, 5.41) is 0. The first-order valence-electron chi connectivity index (χ1n) is 9.94. The lowest BCUT2D eigenvalue weighted by Crippen LogP contribution is -2.55. The number of benzene rings is 2. The maximum absolute atomic E-state index is 14.1. The molecule has 1 unspecified atom stereocenters. The fourth-order valence-corrected chi connectivity index (χ4v) is 5.17. The highest BCUT2D eigenvalue weighted by atomic mass is 32.2. The molecule has 0 radical (unpaired) electrons. The molecule has 1 aliphatic heterocycles. The number of aryl methyl sites for hydroxylation is 2. The van der Waals surface area contributed by atoms with Crippen molar-refractivity contribution in [2.45, 2.75) is 26.8 Å². The Morgan fingerprint density at radius 1 is 1.03 bits per heavy atom. The quantitative estimate of drug-likeness (QED) is 0.728. The standard InChI is InChI=1S/C22H28FN3O3S/c1-16-13-17(2)15-19(14-16)26(30(4,28)29)18(3)22(27)25-11-9-24(10-12-25)21-8-6-5-7-20(21)23/h5-8,13-15,18H,9-12H2,1-4H3. The number of halogens is 1. The molecule has 30 heavy (non-hydrogen) atoms. The number of sulfonamides is 1. The fourth-order valence-electron chi connectivity index (χ4n) is 4.02. The van der Waals surface area contributed by atoms with Crippen molar-refractivity contribution in [1.29, 1.82) is 0 Å². The molecule has 1 amide bonds. The molecule has 1 aliphatic rings. The van der Waals surface area contributed by atoms with Crippen molar-refractivity contribution in [3.05, 3.63) is 59.4 Å². The van der Waals surface area contributed by atoms with Crippen LogP contribution in [0.25, 0.3) is 0 Å². The van der Waals surface area contributed by atoms with E-state index in [1.54, 1.807) is 42.2 Å². The van der Waals surface area contributed by atoms with E-state index in [9.17, 15) is 17.6 Å². The molecule has 3 rings (SSSR count). The van der Waals surface area contributed by atoms with Gasteiger partial charge in [0, 0.05) is 26.2 Å². The maximum Gasteiger partial charge on any atom is 0.246 e. The van der Waals surface area contributed by atoms with Gasteiger partial charge in [-0.25, -0.2) is 12.8 Å². The Kier molecular flexibility index (Phi) is 6.36. The first-order chi connectivity index (χ1) is 14.1. The molecule has 2 aromatic carbocycles. The lowest BCUT2D eigenvalue weighted by atomic mass is 10.1. The minimum atomic E-state index is -3.67. The van der Waals surface area contributed by atoms with E-state index in [0.29, 0.717) is 37.6 Å². The highest BCUT2D eigenvalue weighted by Crippen LogP contribution is 2.25. The van der Waals surface area contributed by atoms with E-state index in [2.05, 4.69) is 0 Å². The van der Waals surface area contributed by atoms with Crippen LogP contribution in [-0.4, -0.2) is 57.7 Å². The molecule has 1 fully saturated rings. The number of hydrogen-bond acceptors (Lipinski definition) is 4. The van der Waals surface area contributed by atoms with Crippen LogP contribution < -0.4 is 9.21 Å². The highest BCUT2D eigenvalue weighted by molar-refractivity contribution is 7.92. The van der Waals surface area contributed by atoms with Gasteiger partial charge >= 0.3 is 0 Å². The van der Waals surface area contributed by atoms with Crippen LogP contribution in [0.3, 0.4) is 0 Å². The second-order valence-corrected chi connectivity index (χ2v) is 9.70. The van der Waals surface area contributed by atoms with Crippen LogP contribution >= 0.6 is 0 Å². The van der Waals surface area contributed by atoms with Crippen molar-refractivity contribution in [2.24, 2.45) is 0 Å². The molecule has 0 N–H and O–H groups in total. The van der Waals surface area contributed by atoms with E-state index >= 15 is 0 Å². The third kappa shape index (κ3) is 4.75. The van der Waals surface area contributed by atoms with Crippen molar-refractivity contribution in [3.8, 4) is 0 Å². The Morgan fingerprint density at radius 2 is 1.60 bits per heavy atom. The molecule has 2 aromatic rings. The Labute approximate surface area is 177 Å². The summed E-state index contributed by atoms with van der Waals surface area (Å²) >= 11 is 0. The van der Waals surface area contributed by atoms with Gasteiger partial charge in [-0.05, 0) is 56.2 Å². The van der Waals surface area contributed by atoms with E-state index in [1.807, 2.05) is 24.8 Å². The number of amides is 1. The minimum Gasteiger partial charge on any atom is -0.366 e. The van der Waals surface area contributed by atoms with E-state index in [1.165, 1.54) is 10.4 Å². The second-order valence-electron chi connectivity index (χ2n) is 7.84. The SMILES string of the molecule is Cc1cc(C)cc(N(C(C)C(=O)N2CCN(c3ccccc3F)CC2)S(C)(=O)=O)c1. The number of rotatable bonds is 5. The number of piperazine rings is 1. The number of nitrogens with zero attached hydrogens (tertiary/aromatic N) is 3. The molecule has 0 saturated carbocycles. The summed E-state index contributed by atoms with van der Waals surface area (Å²) in [6.45, 7) is 7.19. The number of anilines is 2. The number of hydrogen-bond donors (Lipinski definition) is 0. The molecular formula is C22H28FN3O3S. The number of carbonyl (C=O) groups excluding carboxylic acids is 1. The molecule has 6 nitrogen and oxygen atoms in total. The van der Waals surface area contributed by atoms with Crippen LogP contribution in [0, 0.1) is 19.7 Å². The van der Waals surface area contributed by atoms with E-state index < -0.39 is 16.1 Å². The van der Waals surface area contributed by atoms with Crippen molar-refractivity contribution >= 4 is 27.3 Å². The van der Waals surface area contributed by atoms with Gasteiger partial charge in [0.05, 0.1) is 17.6 Å². The third-order valence-electron chi connectivity index (χ3n) is 5.31. The van der Waals surface area contributed by atoms with Gasteiger partial charge in [-0.3, -0.25) is 9.10 Å². The van der Waals surface area contributed by atoms with Crippen LogP contribution in [-0.2, 0) is 14.8 Å². The summed E-state index contributed by atoms with van der Waals surface area (Å²) in [5.41, 5.74) is 2.86. The van der Waals surface area contributed by atoms with Gasteiger partial charge in [0.1, 0.15) is 11.9 Å². The van der Waals surface area contributed by atoms with Gasteiger partial charge in [0.2, 0.25) is 15.9 Å². The highest BCUT2D eigenvalue weighted by Gasteiger charge is 2.33. The normalized spacial score (nSPS) is 15.8. The number of carbonyl (C=O) groups is 1. The van der Waals surface area contributed by atoms with Crippen LogP contribution in [0.5, 0.6) is 0 Å². The average Bonchev–Trinajstić information content (AvgIpc) is 2.66. The lowest BCUT2D eigenvalue weighted by Gasteiger charge is -2.39. The van der Waals surface area contributed by atoms with Gasteiger partial charge < -0.3 is 9.80 Å². The van der Waals surface area contributed by atoms with Crippen molar-refractivity contribution < 1.29 is 17.6 Å². The molecule has 0 aromatic heterocycles. The van der Waals surface area contributed by atoms with Gasteiger partial charge in [0.15, 0.2) is 0 Å². The third-order valence-corrected chi connectivity index (χ3v) is 6.55. The summed E-state index contributed by atoms with van der Waals surface area (Å²) < 4.78 is 40.4. The average molecular weight is 434 g/mol. The lowest BCUT2D eigenvalue weighted by molar-refractivity contribution is -0.132. The van der Waals surface area contributed by atoms with Crippen LogP contribution in [0.15, 0.2) is 42.5 Å². The van der Waals surface area contributed by atoms with Crippen molar-refractivity contribution in [3.63, 3.8) is 0 Å². The zero-order valence-corrected chi connectivity index (χ0v) is 18.6. The predicted octanol–water partition coefficient (Wildman–Crippen LogP) is 2.95. The largest absolute Gasteiger partial charge is 0.366 e. The van der Waals surface area contributed by atoms with Gasteiger partial charge in [-0.15, -0.1) is 0 Å². The van der Waals surface area contributed by atoms with Gasteiger partial charge in [-0.2, -0.15) is 0 Å². The Hall–Kier alpha value is -2.61. The molecule has 1 atom stereocenters. The fraction of sp³-hybridized carbons (Fsp3) is 0.409. The Morgan fingerprint density at radius 3 is 2.13 bits per heavy atom. The van der Waals surface area contributed by atoms with E-state index in [0.717, 1.165) is 17.4 Å². The summed E-state index contributed by atoms with van der Waals surface area (Å²) in [6, 6.07) is 11.2. The molecule has 162 valence electrons. The number of para-hydroxylation sites is 1. The summed E-state index contributed by atoms with van der Waals surface area (Å²) in [6.07, 6.45) is 1.12. The van der Waals surface area contributed by atoms with Crippen LogP contribution in [0.4, 0.5) is 15.8 Å². The van der Waals surface area contributed by atoms with Crippen molar-refractivity contribution in [2.75, 3.05) is 41.6 Å². The predicted molar refractivity (Wildman–Crippen MR) is 118 cm³/mol. The van der Waals surface area contributed by atoms with Gasteiger partial charge in [0.25, 0.3) is 0 Å². The summed E-state index contributed by atoms with van der Waals surface area (Å²) in [5.74, 6) is -0.545. The zero-order chi connectivity index (χ0) is 22.1. The first kappa shape index (κ1) is 22.1. The van der Waals surface area contributed by atoms with E-state index in [-0.39, 0.29) is 11.7 Å². The summed E-state index contributed by atoms with van der Waals surface area (Å²) in [4.78, 5) is 16.7. The molecule has 1 heterocycles. The van der Waals surface area contributed by atoms with Crippen molar-refractivity contribution in [1.82, 2.24) is 4.90 Å². The molecule has 0 spiro atoms. The monoisotopic (exact) mass is 433 g/mol. The minimum absolute atomic E-state index is 0.257. The van der Waals surface area contributed by atoms with E-state index in [4.69, 9.17) is 0 Å². The Balaban J connectivity index is 1.77.